The Morgan fingerprint density at radius 2 is 1.93 bits per heavy atom. The molecule has 1 unspecified atom stereocenters. The van der Waals surface area contributed by atoms with Crippen LogP contribution in [0.15, 0.2) is 66.0 Å². The molecule has 1 amide bonds. The molecule has 3 aromatic rings. The fourth-order valence-electron chi connectivity index (χ4n) is 3.71. The first-order valence-electron chi connectivity index (χ1n) is 9.63. The van der Waals surface area contributed by atoms with E-state index in [-0.39, 0.29) is 11.9 Å². The molecule has 1 atom stereocenters. The fraction of sp³-hybridized carbons (Fsp3) is 0.261. The summed E-state index contributed by atoms with van der Waals surface area (Å²) in [5.74, 6) is 0.668. The van der Waals surface area contributed by atoms with Gasteiger partial charge in [-0.25, -0.2) is 0 Å². The number of ether oxygens (including phenoxy) is 1. The predicted molar refractivity (Wildman–Crippen MR) is 114 cm³/mol. The van der Waals surface area contributed by atoms with Crippen molar-refractivity contribution in [3.05, 3.63) is 82.0 Å². The number of nitrogens with zero attached hydrogens (tertiary/aromatic N) is 1. The highest BCUT2D eigenvalue weighted by molar-refractivity contribution is 7.10. The molecule has 144 valence electrons. The number of rotatable bonds is 6. The van der Waals surface area contributed by atoms with Crippen LogP contribution < -0.4 is 10.1 Å². The lowest BCUT2D eigenvalue weighted by Crippen LogP contribution is -2.40. The van der Waals surface area contributed by atoms with E-state index in [9.17, 15) is 4.79 Å². The van der Waals surface area contributed by atoms with Crippen LogP contribution in [-0.4, -0.2) is 24.0 Å². The summed E-state index contributed by atoms with van der Waals surface area (Å²) in [6.45, 7) is 4.16. The van der Waals surface area contributed by atoms with Crippen molar-refractivity contribution in [3.63, 3.8) is 0 Å². The van der Waals surface area contributed by atoms with Crippen LogP contribution in [0, 0.1) is 0 Å². The van der Waals surface area contributed by atoms with Crippen molar-refractivity contribution < 1.29 is 9.53 Å². The normalized spacial score (nSPS) is 14.9. The molecule has 2 aromatic carbocycles. The highest BCUT2D eigenvalue weighted by atomic mass is 32.1. The SMILES string of the molecule is CCOc1ccccc1NC(=O)C(c1ccccc1)N1CCc2sccc2C1. The molecule has 1 aliphatic rings. The standard InChI is InChI=1S/C23H24N2O2S/c1-2-27-20-11-7-6-10-19(20)24-23(26)22(17-8-4-3-5-9-17)25-14-12-21-18(16-25)13-15-28-21/h3-11,13,15,22H,2,12,14,16H2,1H3,(H,24,26). The Morgan fingerprint density at radius 1 is 1.14 bits per heavy atom. The van der Waals surface area contributed by atoms with Gasteiger partial charge in [0, 0.05) is 18.0 Å². The summed E-state index contributed by atoms with van der Waals surface area (Å²) < 4.78 is 5.68. The Kier molecular flexibility index (Phi) is 5.74. The van der Waals surface area contributed by atoms with Gasteiger partial charge in [0.05, 0.1) is 12.3 Å². The zero-order valence-corrected chi connectivity index (χ0v) is 16.7. The molecular weight excluding hydrogens is 368 g/mol. The van der Waals surface area contributed by atoms with Gasteiger partial charge in [0.25, 0.3) is 0 Å². The largest absolute Gasteiger partial charge is 0.492 e. The maximum Gasteiger partial charge on any atom is 0.246 e. The first kappa shape index (κ1) is 18.7. The zero-order chi connectivity index (χ0) is 19.3. The van der Waals surface area contributed by atoms with Gasteiger partial charge in [0.15, 0.2) is 0 Å². The van der Waals surface area contributed by atoms with Gasteiger partial charge in [-0.05, 0) is 48.1 Å². The van der Waals surface area contributed by atoms with E-state index in [1.165, 1.54) is 10.4 Å². The summed E-state index contributed by atoms with van der Waals surface area (Å²) in [5, 5.41) is 5.25. The zero-order valence-electron chi connectivity index (χ0n) is 15.9. The molecule has 4 rings (SSSR count). The number of anilines is 1. The maximum atomic E-state index is 13.4. The number of hydrogen-bond acceptors (Lipinski definition) is 4. The molecular formula is C23H24N2O2S. The number of nitrogens with one attached hydrogen (secondary N) is 1. The number of thiophene rings is 1. The summed E-state index contributed by atoms with van der Waals surface area (Å²) in [6, 6.07) is 19.5. The molecule has 1 N–H and O–H groups in total. The molecule has 28 heavy (non-hydrogen) atoms. The highest BCUT2D eigenvalue weighted by Crippen LogP contribution is 2.32. The minimum Gasteiger partial charge on any atom is -0.492 e. The number of carbonyl (C=O) groups excluding carboxylic acids is 1. The molecule has 0 saturated heterocycles. The topological polar surface area (TPSA) is 41.6 Å². The van der Waals surface area contributed by atoms with Crippen LogP contribution in [0.1, 0.15) is 29.0 Å². The first-order valence-corrected chi connectivity index (χ1v) is 10.5. The molecule has 0 radical (unpaired) electrons. The van der Waals surface area contributed by atoms with Gasteiger partial charge in [-0.3, -0.25) is 9.69 Å². The summed E-state index contributed by atoms with van der Waals surface area (Å²) >= 11 is 1.81. The van der Waals surface area contributed by atoms with Crippen molar-refractivity contribution in [2.24, 2.45) is 0 Å². The van der Waals surface area contributed by atoms with Crippen molar-refractivity contribution in [3.8, 4) is 5.75 Å². The monoisotopic (exact) mass is 392 g/mol. The van der Waals surface area contributed by atoms with Crippen LogP contribution in [0.25, 0.3) is 0 Å². The van der Waals surface area contributed by atoms with E-state index in [1.54, 1.807) is 0 Å². The Labute approximate surface area is 169 Å². The summed E-state index contributed by atoms with van der Waals surface area (Å²) in [7, 11) is 0. The van der Waals surface area contributed by atoms with E-state index in [2.05, 4.69) is 21.7 Å². The number of para-hydroxylation sites is 2. The van der Waals surface area contributed by atoms with Crippen LogP contribution in [0.4, 0.5) is 5.69 Å². The van der Waals surface area contributed by atoms with Gasteiger partial charge < -0.3 is 10.1 Å². The second-order valence-electron chi connectivity index (χ2n) is 6.82. The second kappa shape index (κ2) is 8.59. The Hall–Kier alpha value is -2.63. The van der Waals surface area contributed by atoms with Gasteiger partial charge in [-0.2, -0.15) is 0 Å². The van der Waals surface area contributed by atoms with E-state index in [0.29, 0.717) is 18.0 Å². The predicted octanol–water partition coefficient (Wildman–Crippen LogP) is 4.88. The average molecular weight is 393 g/mol. The minimum atomic E-state index is -0.344. The number of carbonyl (C=O) groups is 1. The van der Waals surface area contributed by atoms with Crippen LogP contribution in [0.3, 0.4) is 0 Å². The molecule has 0 saturated carbocycles. The highest BCUT2D eigenvalue weighted by Gasteiger charge is 2.31. The van der Waals surface area contributed by atoms with Crippen LogP contribution in [0.5, 0.6) is 5.75 Å². The van der Waals surface area contributed by atoms with Gasteiger partial charge in [0.1, 0.15) is 11.8 Å². The number of amides is 1. The molecule has 0 aliphatic carbocycles. The van der Waals surface area contributed by atoms with Crippen LogP contribution in [0.2, 0.25) is 0 Å². The van der Waals surface area contributed by atoms with Crippen molar-refractivity contribution in [1.29, 1.82) is 0 Å². The van der Waals surface area contributed by atoms with Crippen molar-refractivity contribution >= 4 is 22.9 Å². The summed E-state index contributed by atoms with van der Waals surface area (Å²) in [4.78, 5) is 17.1. The van der Waals surface area contributed by atoms with Crippen molar-refractivity contribution in [2.45, 2.75) is 25.9 Å². The maximum absolute atomic E-state index is 13.4. The van der Waals surface area contributed by atoms with E-state index in [0.717, 1.165) is 25.1 Å². The lowest BCUT2D eigenvalue weighted by atomic mass is 10.0. The Morgan fingerprint density at radius 3 is 2.75 bits per heavy atom. The van der Waals surface area contributed by atoms with Gasteiger partial charge in [-0.15, -0.1) is 11.3 Å². The second-order valence-corrected chi connectivity index (χ2v) is 7.82. The van der Waals surface area contributed by atoms with Crippen molar-refractivity contribution in [2.75, 3.05) is 18.5 Å². The Bertz CT molecular complexity index is 939. The molecule has 1 aliphatic heterocycles. The number of hydrogen-bond donors (Lipinski definition) is 1. The third kappa shape index (κ3) is 3.96. The van der Waals surface area contributed by atoms with Gasteiger partial charge >= 0.3 is 0 Å². The third-order valence-electron chi connectivity index (χ3n) is 5.01. The quantitative estimate of drug-likeness (QED) is 0.650. The summed E-state index contributed by atoms with van der Waals surface area (Å²) in [5.41, 5.74) is 3.05. The number of fused-ring (bicyclic) bond motifs is 1. The molecule has 1 aromatic heterocycles. The van der Waals surface area contributed by atoms with Gasteiger partial charge in [0.2, 0.25) is 5.91 Å². The van der Waals surface area contributed by atoms with E-state index < -0.39 is 0 Å². The smallest absolute Gasteiger partial charge is 0.246 e. The average Bonchev–Trinajstić information content (AvgIpc) is 3.19. The molecule has 2 heterocycles. The fourth-order valence-corrected chi connectivity index (χ4v) is 4.60. The summed E-state index contributed by atoms with van der Waals surface area (Å²) in [6.07, 6.45) is 0.985. The third-order valence-corrected chi connectivity index (χ3v) is 6.03. The molecule has 0 fully saturated rings. The molecule has 0 spiro atoms. The lowest BCUT2D eigenvalue weighted by Gasteiger charge is -2.34. The minimum absolute atomic E-state index is 0.0305. The molecule has 0 bridgehead atoms. The van der Waals surface area contributed by atoms with Crippen LogP contribution >= 0.6 is 11.3 Å². The lowest BCUT2D eigenvalue weighted by molar-refractivity contribution is -0.122. The Balaban J connectivity index is 1.62. The molecule has 4 nitrogen and oxygen atoms in total. The first-order chi connectivity index (χ1) is 13.8. The van der Waals surface area contributed by atoms with E-state index in [4.69, 9.17) is 4.74 Å². The van der Waals surface area contributed by atoms with E-state index in [1.807, 2.05) is 72.9 Å². The van der Waals surface area contributed by atoms with Crippen LogP contribution in [-0.2, 0) is 17.8 Å². The number of benzene rings is 2. The van der Waals surface area contributed by atoms with Gasteiger partial charge in [-0.1, -0.05) is 42.5 Å². The van der Waals surface area contributed by atoms with Crippen molar-refractivity contribution in [1.82, 2.24) is 4.90 Å². The molecule has 5 heteroatoms. The van der Waals surface area contributed by atoms with E-state index >= 15 is 0 Å².